The number of hydrogen-bond donors (Lipinski definition) is 1. The fourth-order valence-corrected chi connectivity index (χ4v) is 3.88. The predicted molar refractivity (Wildman–Crippen MR) is 117 cm³/mol. The number of amides is 1. The molecule has 0 spiro atoms. The van der Waals surface area contributed by atoms with Gasteiger partial charge in [0.15, 0.2) is 0 Å². The highest BCUT2D eigenvalue weighted by Crippen LogP contribution is 2.23. The zero-order chi connectivity index (χ0) is 20.8. The molecule has 5 nitrogen and oxygen atoms in total. The SMILES string of the molecule is N#Cc1cccc(Nc2ccc(C(=O)N3CCC(Cc4ccccc4)CC3)nc2)c1. The lowest BCUT2D eigenvalue weighted by Crippen LogP contribution is -2.39. The molecule has 3 aromatic rings. The van der Waals surface area contributed by atoms with Gasteiger partial charge in [-0.3, -0.25) is 4.79 Å². The number of hydrogen-bond acceptors (Lipinski definition) is 4. The highest BCUT2D eigenvalue weighted by molar-refractivity contribution is 5.92. The summed E-state index contributed by atoms with van der Waals surface area (Å²) in [4.78, 5) is 19.1. The monoisotopic (exact) mass is 396 g/mol. The molecule has 150 valence electrons. The van der Waals surface area contributed by atoms with E-state index >= 15 is 0 Å². The predicted octanol–water partition coefficient (Wildman–Crippen LogP) is 4.79. The third-order valence-electron chi connectivity index (χ3n) is 5.53. The highest BCUT2D eigenvalue weighted by atomic mass is 16.2. The molecule has 1 fully saturated rings. The number of pyridine rings is 1. The van der Waals surface area contributed by atoms with Crippen molar-refractivity contribution in [2.75, 3.05) is 18.4 Å². The molecule has 2 heterocycles. The molecule has 1 N–H and O–H groups in total. The van der Waals surface area contributed by atoms with Crippen LogP contribution in [0.3, 0.4) is 0 Å². The number of carbonyl (C=O) groups is 1. The van der Waals surface area contributed by atoms with Gasteiger partial charge in [0.05, 0.1) is 23.5 Å². The summed E-state index contributed by atoms with van der Waals surface area (Å²) in [6, 6.07) is 23.5. The fourth-order valence-electron chi connectivity index (χ4n) is 3.88. The molecule has 0 atom stereocenters. The number of carbonyl (C=O) groups excluding carboxylic acids is 1. The maximum Gasteiger partial charge on any atom is 0.272 e. The van der Waals surface area contributed by atoms with Crippen LogP contribution in [-0.2, 0) is 6.42 Å². The fraction of sp³-hybridized carbons (Fsp3) is 0.240. The van der Waals surface area contributed by atoms with Crippen molar-refractivity contribution in [3.8, 4) is 6.07 Å². The summed E-state index contributed by atoms with van der Waals surface area (Å²) in [5.74, 6) is 0.617. The Morgan fingerprint density at radius 1 is 1.03 bits per heavy atom. The first kappa shape index (κ1) is 19.7. The Morgan fingerprint density at radius 3 is 2.53 bits per heavy atom. The number of rotatable bonds is 5. The van der Waals surface area contributed by atoms with E-state index in [1.54, 1.807) is 24.4 Å². The van der Waals surface area contributed by atoms with Crippen molar-refractivity contribution in [2.24, 2.45) is 5.92 Å². The molecule has 0 aliphatic carbocycles. The van der Waals surface area contributed by atoms with Crippen molar-refractivity contribution in [1.29, 1.82) is 5.26 Å². The Labute approximate surface area is 177 Å². The molecule has 30 heavy (non-hydrogen) atoms. The minimum atomic E-state index is -0.00816. The van der Waals surface area contributed by atoms with Crippen LogP contribution in [0.5, 0.6) is 0 Å². The van der Waals surface area contributed by atoms with Gasteiger partial charge in [-0.15, -0.1) is 0 Å². The Hall–Kier alpha value is -3.65. The lowest BCUT2D eigenvalue weighted by Gasteiger charge is -2.32. The second-order valence-corrected chi connectivity index (χ2v) is 7.68. The lowest BCUT2D eigenvalue weighted by molar-refractivity contribution is 0.0684. The third kappa shape index (κ3) is 4.84. The van der Waals surface area contributed by atoms with Gasteiger partial charge in [-0.2, -0.15) is 5.26 Å². The Morgan fingerprint density at radius 2 is 1.83 bits per heavy atom. The van der Waals surface area contributed by atoms with Gasteiger partial charge in [0, 0.05) is 18.8 Å². The third-order valence-corrected chi connectivity index (χ3v) is 5.53. The first-order valence-electron chi connectivity index (χ1n) is 10.3. The molecule has 0 radical (unpaired) electrons. The molecule has 1 aliphatic rings. The number of aromatic nitrogens is 1. The Bertz CT molecular complexity index is 1030. The quantitative estimate of drug-likeness (QED) is 0.673. The van der Waals surface area contributed by atoms with Crippen LogP contribution < -0.4 is 5.32 Å². The summed E-state index contributed by atoms with van der Waals surface area (Å²) in [7, 11) is 0. The number of piperidine rings is 1. The molecule has 5 heteroatoms. The molecule has 0 bridgehead atoms. The topological polar surface area (TPSA) is 69.0 Å². The molecule has 1 aliphatic heterocycles. The zero-order valence-corrected chi connectivity index (χ0v) is 16.8. The van der Waals surface area contributed by atoms with E-state index in [0.29, 0.717) is 17.2 Å². The average Bonchev–Trinajstić information content (AvgIpc) is 2.80. The van der Waals surface area contributed by atoms with Crippen LogP contribution in [-0.4, -0.2) is 28.9 Å². The van der Waals surface area contributed by atoms with E-state index < -0.39 is 0 Å². The number of anilines is 2. The number of nitrogens with one attached hydrogen (secondary N) is 1. The molecule has 1 saturated heterocycles. The van der Waals surface area contributed by atoms with Crippen LogP contribution in [0.2, 0.25) is 0 Å². The zero-order valence-electron chi connectivity index (χ0n) is 16.8. The van der Waals surface area contributed by atoms with Crippen molar-refractivity contribution in [1.82, 2.24) is 9.88 Å². The van der Waals surface area contributed by atoms with Gasteiger partial charge in [-0.25, -0.2) is 4.98 Å². The molecule has 0 saturated carbocycles. The van der Waals surface area contributed by atoms with E-state index in [-0.39, 0.29) is 5.91 Å². The largest absolute Gasteiger partial charge is 0.354 e. The first-order chi connectivity index (χ1) is 14.7. The van der Waals surface area contributed by atoms with Crippen LogP contribution >= 0.6 is 0 Å². The van der Waals surface area contributed by atoms with Gasteiger partial charge in [0.25, 0.3) is 5.91 Å². The number of nitrogens with zero attached hydrogens (tertiary/aromatic N) is 3. The number of likely N-dealkylation sites (tertiary alicyclic amines) is 1. The van der Waals surface area contributed by atoms with E-state index in [1.165, 1.54) is 5.56 Å². The summed E-state index contributed by atoms with van der Waals surface area (Å²) < 4.78 is 0. The smallest absolute Gasteiger partial charge is 0.272 e. The van der Waals surface area contributed by atoms with E-state index in [9.17, 15) is 4.79 Å². The Kier molecular flexibility index (Phi) is 6.05. The summed E-state index contributed by atoms with van der Waals surface area (Å²) in [6.45, 7) is 1.55. The molecular formula is C25H24N4O. The van der Waals surface area contributed by atoms with Crippen LogP contribution in [0.1, 0.15) is 34.5 Å². The van der Waals surface area contributed by atoms with Gasteiger partial charge in [-0.05, 0) is 61.1 Å². The molecule has 1 amide bonds. The van der Waals surface area contributed by atoms with E-state index in [2.05, 4.69) is 40.6 Å². The van der Waals surface area contributed by atoms with Crippen LogP contribution in [0, 0.1) is 17.2 Å². The van der Waals surface area contributed by atoms with Crippen LogP contribution in [0.15, 0.2) is 72.9 Å². The molecule has 2 aromatic carbocycles. The van der Waals surface area contributed by atoms with E-state index in [0.717, 1.165) is 43.7 Å². The normalized spacial score (nSPS) is 14.2. The van der Waals surface area contributed by atoms with E-state index in [4.69, 9.17) is 5.26 Å². The van der Waals surface area contributed by atoms with Crippen LogP contribution in [0.4, 0.5) is 11.4 Å². The lowest BCUT2D eigenvalue weighted by atomic mass is 9.90. The maximum absolute atomic E-state index is 12.8. The van der Waals surface area contributed by atoms with Crippen LogP contribution in [0.25, 0.3) is 0 Å². The molecule has 4 rings (SSSR count). The van der Waals surface area contributed by atoms with Crippen molar-refractivity contribution in [3.05, 3.63) is 89.7 Å². The maximum atomic E-state index is 12.8. The molecule has 0 unspecified atom stereocenters. The van der Waals surface area contributed by atoms with Crippen molar-refractivity contribution in [3.63, 3.8) is 0 Å². The van der Waals surface area contributed by atoms with Gasteiger partial charge in [-0.1, -0.05) is 36.4 Å². The minimum absolute atomic E-state index is 0.00816. The summed E-state index contributed by atoms with van der Waals surface area (Å²) in [5, 5.41) is 12.2. The summed E-state index contributed by atoms with van der Waals surface area (Å²) in [5.41, 5.74) is 4.02. The van der Waals surface area contributed by atoms with Gasteiger partial charge < -0.3 is 10.2 Å². The number of benzene rings is 2. The van der Waals surface area contributed by atoms with Crippen molar-refractivity contribution < 1.29 is 4.79 Å². The second kappa shape index (κ2) is 9.23. The Balaban J connectivity index is 1.32. The van der Waals surface area contributed by atoms with Crippen molar-refractivity contribution in [2.45, 2.75) is 19.3 Å². The molecular weight excluding hydrogens is 372 g/mol. The highest BCUT2D eigenvalue weighted by Gasteiger charge is 2.24. The average molecular weight is 396 g/mol. The molecule has 1 aromatic heterocycles. The summed E-state index contributed by atoms with van der Waals surface area (Å²) in [6.07, 6.45) is 4.79. The number of nitriles is 1. The minimum Gasteiger partial charge on any atom is -0.354 e. The van der Waals surface area contributed by atoms with Crippen molar-refractivity contribution >= 4 is 17.3 Å². The second-order valence-electron chi connectivity index (χ2n) is 7.68. The standard InChI is InChI=1S/C25H24N4O/c26-17-21-7-4-8-22(16-21)28-23-9-10-24(27-18-23)25(30)29-13-11-20(12-14-29)15-19-5-2-1-3-6-19/h1-10,16,18,20,28H,11-15H2. The van der Waals surface area contributed by atoms with E-state index in [1.807, 2.05) is 29.2 Å². The van der Waals surface area contributed by atoms with Gasteiger partial charge >= 0.3 is 0 Å². The van der Waals surface area contributed by atoms with Gasteiger partial charge in [0.2, 0.25) is 0 Å². The summed E-state index contributed by atoms with van der Waals surface area (Å²) >= 11 is 0. The van der Waals surface area contributed by atoms with Gasteiger partial charge in [0.1, 0.15) is 5.69 Å². The first-order valence-corrected chi connectivity index (χ1v) is 10.3.